The molecule has 4 rings (SSSR count). The Morgan fingerprint density at radius 1 is 1.26 bits per heavy atom. The highest BCUT2D eigenvalue weighted by Gasteiger charge is 2.76. The van der Waals surface area contributed by atoms with Crippen molar-refractivity contribution in [3.63, 3.8) is 0 Å². The molecule has 2 bridgehead atoms. The van der Waals surface area contributed by atoms with E-state index in [-0.39, 0.29) is 42.1 Å². The van der Waals surface area contributed by atoms with Crippen molar-refractivity contribution in [2.24, 2.45) is 10.8 Å². The molecule has 1 aromatic carbocycles. The smallest absolute Gasteiger partial charge is 0.313 e. The van der Waals surface area contributed by atoms with E-state index >= 15 is 0 Å². The van der Waals surface area contributed by atoms with E-state index in [1.54, 1.807) is 4.90 Å². The van der Waals surface area contributed by atoms with Gasteiger partial charge in [-0.05, 0) is 44.9 Å². The Hall–Kier alpha value is -2.48. The van der Waals surface area contributed by atoms with E-state index in [9.17, 15) is 18.8 Å². The van der Waals surface area contributed by atoms with Gasteiger partial charge in [0.25, 0.3) is 5.91 Å². The normalized spacial score (nSPS) is 31.5. The van der Waals surface area contributed by atoms with Crippen LogP contribution in [0, 0.1) is 16.6 Å². The van der Waals surface area contributed by atoms with Crippen LogP contribution in [0.4, 0.5) is 4.39 Å². The minimum absolute atomic E-state index is 0.101. The number of esters is 1. The lowest BCUT2D eigenvalue weighted by Crippen LogP contribution is -2.59. The largest absolute Gasteiger partial charge is 0.490 e. The molecule has 3 fully saturated rings. The molecule has 2 aliphatic heterocycles. The van der Waals surface area contributed by atoms with Crippen molar-refractivity contribution in [3.05, 3.63) is 29.6 Å². The number of ketones is 1. The first-order valence-corrected chi connectivity index (χ1v) is 10.6. The molecule has 0 radical (unpaired) electrons. The first-order chi connectivity index (χ1) is 14.5. The monoisotopic (exact) mass is 433 g/mol. The SMILES string of the molecule is CC(=O)c1cc(F)ccc1OCC1CN(C(=O)C23CCC(C)(C(=O)O2)C3(C)C)CCO1. The van der Waals surface area contributed by atoms with Crippen LogP contribution in [0.2, 0.25) is 0 Å². The van der Waals surface area contributed by atoms with Gasteiger partial charge in [0.1, 0.15) is 24.3 Å². The molecule has 3 atom stereocenters. The van der Waals surface area contributed by atoms with Gasteiger partial charge in [-0.1, -0.05) is 13.8 Å². The number of carbonyl (C=O) groups is 3. The molecule has 1 saturated carbocycles. The summed E-state index contributed by atoms with van der Waals surface area (Å²) < 4.78 is 30.7. The van der Waals surface area contributed by atoms with E-state index in [1.807, 2.05) is 20.8 Å². The Balaban J connectivity index is 1.46. The number of amides is 1. The first-order valence-electron chi connectivity index (χ1n) is 10.6. The Morgan fingerprint density at radius 2 is 2.00 bits per heavy atom. The van der Waals surface area contributed by atoms with Crippen LogP contribution < -0.4 is 4.74 Å². The average molecular weight is 433 g/mol. The summed E-state index contributed by atoms with van der Waals surface area (Å²) in [7, 11) is 0. The van der Waals surface area contributed by atoms with Crippen LogP contribution in [0.5, 0.6) is 5.75 Å². The third-order valence-corrected chi connectivity index (χ3v) is 7.60. The van der Waals surface area contributed by atoms with E-state index < -0.39 is 28.4 Å². The van der Waals surface area contributed by atoms with Crippen molar-refractivity contribution in [1.82, 2.24) is 4.90 Å². The third kappa shape index (κ3) is 3.14. The molecular formula is C23H28FNO6. The van der Waals surface area contributed by atoms with Crippen LogP contribution >= 0.6 is 0 Å². The molecule has 8 heteroatoms. The summed E-state index contributed by atoms with van der Waals surface area (Å²) in [5, 5.41) is 0. The zero-order valence-electron chi connectivity index (χ0n) is 18.3. The fraction of sp³-hybridized carbons (Fsp3) is 0.609. The van der Waals surface area contributed by atoms with Gasteiger partial charge >= 0.3 is 5.97 Å². The van der Waals surface area contributed by atoms with Gasteiger partial charge in [-0.15, -0.1) is 0 Å². The van der Waals surface area contributed by atoms with Gasteiger partial charge in [0.05, 0.1) is 24.1 Å². The zero-order chi connectivity index (χ0) is 22.6. The fourth-order valence-electron chi connectivity index (χ4n) is 5.07. The fourth-order valence-corrected chi connectivity index (χ4v) is 5.07. The summed E-state index contributed by atoms with van der Waals surface area (Å²) in [6, 6.07) is 3.78. The van der Waals surface area contributed by atoms with Gasteiger partial charge < -0.3 is 19.1 Å². The number of hydrogen-bond donors (Lipinski definition) is 0. The highest BCUT2D eigenvalue weighted by atomic mass is 19.1. The molecule has 0 N–H and O–H groups in total. The number of hydrogen-bond acceptors (Lipinski definition) is 6. The number of benzene rings is 1. The van der Waals surface area contributed by atoms with E-state index in [2.05, 4.69) is 0 Å². The number of morpholine rings is 1. The maximum absolute atomic E-state index is 13.6. The van der Waals surface area contributed by atoms with Gasteiger partial charge in [0.15, 0.2) is 11.4 Å². The molecule has 3 aliphatic rings. The molecule has 1 aromatic rings. The number of carbonyl (C=O) groups excluding carboxylic acids is 3. The summed E-state index contributed by atoms with van der Waals surface area (Å²) in [6.07, 6.45) is 0.712. The van der Waals surface area contributed by atoms with Crippen molar-refractivity contribution in [2.75, 3.05) is 26.3 Å². The number of ether oxygens (including phenoxy) is 3. The number of Topliss-reactive ketones (excluding diaryl/α,β-unsaturated/α-hetero) is 1. The minimum atomic E-state index is -1.15. The van der Waals surface area contributed by atoms with E-state index in [0.29, 0.717) is 26.0 Å². The Bertz CT molecular complexity index is 946. The van der Waals surface area contributed by atoms with Gasteiger partial charge in [-0.2, -0.15) is 0 Å². The van der Waals surface area contributed by atoms with Crippen LogP contribution in [-0.4, -0.2) is 60.6 Å². The predicted octanol–water partition coefficient (Wildman–Crippen LogP) is 2.76. The van der Waals surface area contributed by atoms with Gasteiger partial charge in [-0.3, -0.25) is 14.4 Å². The second kappa shape index (κ2) is 7.29. The number of nitrogens with zero attached hydrogens (tertiary/aromatic N) is 1. The standard InChI is InChI=1S/C23H28FNO6/c1-14(26)17-11-15(24)5-6-18(17)30-13-16-12-25(9-10-29-16)19(27)23-8-7-22(4,20(28)31-23)21(23,2)3/h5-6,11,16H,7-10,12-13H2,1-4H3. The summed E-state index contributed by atoms with van der Waals surface area (Å²) in [6.45, 7) is 8.19. The molecule has 2 saturated heterocycles. The minimum Gasteiger partial charge on any atom is -0.490 e. The molecule has 7 nitrogen and oxygen atoms in total. The number of rotatable bonds is 5. The lowest BCUT2D eigenvalue weighted by Gasteiger charge is -2.41. The van der Waals surface area contributed by atoms with Crippen molar-refractivity contribution >= 4 is 17.7 Å². The molecular weight excluding hydrogens is 405 g/mol. The van der Waals surface area contributed by atoms with Crippen LogP contribution in [0.25, 0.3) is 0 Å². The number of fused-ring (bicyclic) bond motifs is 2. The summed E-state index contributed by atoms with van der Waals surface area (Å²) in [5.41, 5.74) is -2.26. The Kier molecular flexibility index (Phi) is 5.11. The van der Waals surface area contributed by atoms with E-state index in [1.165, 1.54) is 19.1 Å². The number of halogens is 1. The molecule has 2 heterocycles. The van der Waals surface area contributed by atoms with Crippen molar-refractivity contribution in [2.45, 2.75) is 52.2 Å². The quantitative estimate of drug-likeness (QED) is 0.525. The van der Waals surface area contributed by atoms with Crippen LogP contribution in [0.15, 0.2) is 18.2 Å². The lowest BCUT2D eigenvalue weighted by molar-refractivity contribution is -0.178. The maximum atomic E-state index is 13.6. The predicted molar refractivity (Wildman–Crippen MR) is 108 cm³/mol. The summed E-state index contributed by atoms with van der Waals surface area (Å²) in [4.78, 5) is 39.5. The van der Waals surface area contributed by atoms with E-state index in [0.717, 1.165) is 6.07 Å². The molecule has 0 aromatic heterocycles. The second-order valence-electron chi connectivity index (χ2n) is 9.43. The Labute approximate surface area is 180 Å². The van der Waals surface area contributed by atoms with Gasteiger partial charge in [-0.25, -0.2) is 4.39 Å². The highest BCUT2D eigenvalue weighted by Crippen LogP contribution is 2.66. The summed E-state index contributed by atoms with van der Waals surface area (Å²) in [5.74, 6) is -1.04. The van der Waals surface area contributed by atoms with Crippen LogP contribution in [0.1, 0.15) is 50.9 Å². The first kappa shape index (κ1) is 21.7. The van der Waals surface area contributed by atoms with Crippen LogP contribution in [0.3, 0.4) is 0 Å². The summed E-state index contributed by atoms with van der Waals surface area (Å²) >= 11 is 0. The van der Waals surface area contributed by atoms with Crippen molar-refractivity contribution in [3.8, 4) is 5.75 Å². The van der Waals surface area contributed by atoms with Gasteiger partial charge in [0.2, 0.25) is 0 Å². The molecule has 0 spiro atoms. The highest BCUT2D eigenvalue weighted by molar-refractivity contribution is 5.97. The molecule has 3 unspecified atom stereocenters. The molecule has 31 heavy (non-hydrogen) atoms. The average Bonchev–Trinajstić information content (AvgIpc) is 3.02. The molecule has 168 valence electrons. The zero-order valence-corrected chi connectivity index (χ0v) is 18.3. The Morgan fingerprint density at radius 3 is 2.61 bits per heavy atom. The topological polar surface area (TPSA) is 82.1 Å². The molecule has 1 aliphatic carbocycles. The van der Waals surface area contributed by atoms with Crippen LogP contribution in [-0.2, 0) is 19.1 Å². The van der Waals surface area contributed by atoms with E-state index in [4.69, 9.17) is 14.2 Å². The van der Waals surface area contributed by atoms with Crippen molar-refractivity contribution < 1.29 is 33.0 Å². The van der Waals surface area contributed by atoms with Gasteiger partial charge in [0, 0.05) is 12.0 Å². The third-order valence-electron chi connectivity index (χ3n) is 7.60. The second-order valence-corrected chi connectivity index (χ2v) is 9.43. The van der Waals surface area contributed by atoms with Crippen molar-refractivity contribution in [1.29, 1.82) is 0 Å². The molecule has 1 amide bonds. The lowest BCUT2D eigenvalue weighted by atomic mass is 9.66. The maximum Gasteiger partial charge on any atom is 0.313 e.